The highest BCUT2D eigenvalue weighted by Gasteiger charge is 2.20. The van der Waals surface area contributed by atoms with E-state index in [1.54, 1.807) is 0 Å². The number of likely N-dealkylation sites (N-methyl/N-ethyl adjacent to an activating group) is 1. The van der Waals surface area contributed by atoms with Gasteiger partial charge in [-0.25, -0.2) is 0 Å². The largest absolute Gasteiger partial charge is 0.374 e. The Bertz CT molecular complexity index is 614. The quantitative estimate of drug-likeness (QED) is 0.298. The van der Waals surface area contributed by atoms with Crippen LogP contribution in [0.25, 0.3) is 5.70 Å². The van der Waals surface area contributed by atoms with Crippen LogP contribution in [-0.2, 0) is 0 Å². The molecule has 1 atom stereocenters. The fraction of sp³-hybridized carbons (Fsp3) is 0.500. The summed E-state index contributed by atoms with van der Waals surface area (Å²) in [6.07, 6.45) is 7.00. The molecule has 0 aliphatic heterocycles. The van der Waals surface area contributed by atoms with Gasteiger partial charge in [-0.2, -0.15) is 0 Å². The predicted octanol–water partition coefficient (Wildman–Crippen LogP) is 3.13. The standard InChI is InChI=1S/C22H36N4O/c1-6-20(12-7-8-15-24-3)26(5)18(2)22-19(17-27)11-9-13-21(22)25(4)16-10-14-23/h6,9,11,13,17,20,24H,1-2,7-8,10,12,14-16,23H2,3-5H3. The summed E-state index contributed by atoms with van der Waals surface area (Å²) in [4.78, 5) is 16.0. The van der Waals surface area contributed by atoms with Gasteiger partial charge in [0.2, 0.25) is 0 Å². The fourth-order valence-electron chi connectivity index (χ4n) is 3.24. The highest BCUT2D eigenvalue weighted by atomic mass is 16.1. The lowest BCUT2D eigenvalue weighted by Crippen LogP contribution is -2.30. The van der Waals surface area contributed by atoms with Gasteiger partial charge in [0.25, 0.3) is 0 Å². The number of hydrogen-bond acceptors (Lipinski definition) is 5. The molecule has 0 amide bonds. The van der Waals surface area contributed by atoms with Gasteiger partial charge in [0.05, 0.1) is 0 Å². The van der Waals surface area contributed by atoms with E-state index < -0.39 is 0 Å². The molecule has 0 aliphatic rings. The molecular weight excluding hydrogens is 336 g/mol. The van der Waals surface area contributed by atoms with Gasteiger partial charge in [0.1, 0.15) is 0 Å². The molecule has 0 spiro atoms. The number of nitrogens with two attached hydrogens (primary N) is 1. The van der Waals surface area contributed by atoms with Crippen molar-refractivity contribution >= 4 is 17.7 Å². The number of carbonyl (C=O) groups is 1. The van der Waals surface area contributed by atoms with E-state index in [4.69, 9.17) is 5.73 Å². The van der Waals surface area contributed by atoms with Crippen molar-refractivity contribution in [2.75, 3.05) is 45.7 Å². The first-order valence-corrected chi connectivity index (χ1v) is 9.70. The summed E-state index contributed by atoms with van der Waals surface area (Å²) in [5, 5.41) is 3.18. The zero-order valence-electron chi connectivity index (χ0n) is 17.2. The first-order chi connectivity index (χ1) is 13.0. The van der Waals surface area contributed by atoms with E-state index in [2.05, 4.69) is 28.3 Å². The minimum Gasteiger partial charge on any atom is -0.374 e. The molecule has 0 saturated carbocycles. The summed E-state index contributed by atoms with van der Waals surface area (Å²) in [6, 6.07) is 5.97. The van der Waals surface area contributed by atoms with Gasteiger partial charge in [-0.3, -0.25) is 4.79 Å². The first kappa shape index (κ1) is 22.9. The lowest BCUT2D eigenvalue weighted by molar-refractivity contribution is 0.112. The molecule has 0 aromatic heterocycles. The molecule has 3 N–H and O–H groups in total. The number of anilines is 1. The molecule has 5 heteroatoms. The van der Waals surface area contributed by atoms with E-state index >= 15 is 0 Å². The molecule has 5 nitrogen and oxygen atoms in total. The number of rotatable bonds is 14. The average molecular weight is 373 g/mol. The van der Waals surface area contributed by atoms with Crippen molar-refractivity contribution in [3.63, 3.8) is 0 Å². The summed E-state index contributed by atoms with van der Waals surface area (Å²) >= 11 is 0. The van der Waals surface area contributed by atoms with Crippen LogP contribution in [-0.4, -0.2) is 58.0 Å². The number of carbonyl (C=O) groups excluding carboxylic acids is 1. The van der Waals surface area contributed by atoms with Gasteiger partial charge in [-0.05, 0) is 51.9 Å². The molecule has 0 aliphatic carbocycles. The van der Waals surface area contributed by atoms with Crippen molar-refractivity contribution in [1.82, 2.24) is 10.2 Å². The summed E-state index contributed by atoms with van der Waals surface area (Å²) in [5.74, 6) is 0. The molecule has 1 unspecified atom stereocenters. The van der Waals surface area contributed by atoms with Crippen LogP contribution in [0.4, 0.5) is 5.69 Å². The number of hydrogen-bond donors (Lipinski definition) is 2. The molecule has 0 heterocycles. The Labute approximate surface area is 164 Å². The van der Waals surface area contributed by atoms with E-state index in [0.29, 0.717) is 12.1 Å². The number of aldehydes is 1. The maximum Gasteiger partial charge on any atom is 0.150 e. The molecule has 0 radical (unpaired) electrons. The maximum atomic E-state index is 11.7. The van der Waals surface area contributed by atoms with Crippen LogP contribution >= 0.6 is 0 Å². The molecule has 0 bridgehead atoms. The van der Waals surface area contributed by atoms with Crippen LogP contribution < -0.4 is 16.0 Å². The number of nitrogens with zero attached hydrogens (tertiary/aromatic N) is 2. The van der Waals surface area contributed by atoms with Crippen LogP contribution in [0.3, 0.4) is 0 Å². The van der Waals surface area contributed by atoms with E-state index in [1.807, 2.05) is 45.4 Å². The Morgan fingerprint density at radius 3 is 2.63 bits per heavy atom. The maximum absolute atomic E-state index is 11.7. The Morgan fingerprint density at radius 1 is 1.30 bits per heavy atom. The van der Waals surface area contributed by atoms with Crippen molar-refractivity contribution in [3.05, 3.63) is 48.6 Å². The van der Waals surface area contributed by atoms with E-state index in [0.717, 1.165) is 62.0 Å². The number of benzene rings is 1. The Morgan fingerprint density at radius 2 is 2.04 bits per heavy atom. The average Bonchev–Trinajstić information content (AvgIpc) is 2.70. The van der Waals surface area contributed by atoms with Gasteiger partial charge in [0, 0.05) is 49.2 Å². The summed E-state index contributed by atoms with van der Waals surface area (Å²) < 4.78 is 0. The molecule has 1 aromatic rings. The monoisotopic (exact) mass is 372 g/mol. The molecule has 1 aromatic carbocycles. The molecule has 27 heavy (non-hydrogen) atoms. The van der Waals surface area contributed by atoms with Crippen LogP contribution in [0.2, 0.25) is 0 Å². The normalized spacial score (nSPS) is 11.7. The number of unbranched alkanes of at least 4 members (excludes halogenated alkanes) is 1. The second-order valence-corrected chi connectivity index (χ2v) is 6.88. The van der Waals surface area contributed by atoms with Crippen LogP contribution in [0.1, 0.15) is 41.6 Å². The summed E-state index contributed by atoms with van der Waals surface area (Å²) in [7, 11) is 6.02. The van der Waals surface area contributed by atoms with Gasteiger partial charge in [-0.15, -0.1) is 6.58 Å². The van der Waals surface area contributed by atoms with Gasteiger partial charge >= 0.3 is 0 Å². The minimum atomic E-state index is 0.177. The summed E-state index contributed by atoms with van der Waals surface area (Å²) in [5.41, 5.74) is 9.04. The van der Waals surface area contributed by atoms with Crippen molar-refractivity contribution < 1.29 is 4.79 Å². The zero-order chi connectivity index (χ0) is 20.2. The smallest absolute Gasteiger partial charge is 0.150 e. The molecular formula is C22H36N4O. The van der Waals surface area contributed by atoms with E-state index in [1.165, 1.54) is 0 Å². The third-order valence-corrected chi connectivity index (χ3v) is 4.97. The van der Waals surface area contributed by atoms with Crippen LogP contribution in [0.15, 0.2) is 37.4 Å². The van der Waals surface area contributed by atoms with Gasteiger partial charge in [-0.1, -0.05) is 24.8 Å². The topological polar surface area (TPSA) is 61.6 Å². The minimum absolute atomic E-state index is 0.177. The second-order valence-electron chi connectivity index (χ2n) is 6.88. The zero-order valence-corrected chi connectivity index (χ0v) is 17.2. The van der Waals surface area contributed by atoms with Crippen LogP contribution in [0.5, 0.6) is 0 Å². The van der Waals surface area contributed by atoms with E-state index in [-0.39, 0.29) is 6.04 Å². The Hall–Kier alpha value is -2.11. The first-order valence-electron chi connectivity index (χ1n) is 9.70. The van der Waals surface area contributed by atoms with Crippen LogP contribution in [0, 0.1) is 0 Å². The molecule has 0 saturated heterocycles. The molecule has 0 fully saturated rings. The molecule has 150 valence electrons. The fourth-order valence-corrected chi connectivity index (χ4v) is 3.24. The Balaban J connectivity index is 3.08. The lowest BCUT2D eigenvalue weighted by atomic mass is 9.99. The molecule has 1 rings (SSSR count). The van der Waals surface area contributed by atoms with Gasteiger partial charge in [0.15, 0.2) is 6.29 Å². The highest BCUT2D eigenvalue weighted by molar-refractivity contribution is 5.90. The van der Waals surface area contributed by atoms with Crippen molar-refractivity contribution in [2.24, 2.45) is 5.73 Å². The van der Waals surface area contributed by atoms with Crippen molar-refractivity contribution in [3.8, 4) is 0 Å². The van der Waals surface area contributed by atoms with Gasteiger partial charge < -0.3 is 20.9 Å². The van der Waals surface area contributed by atoms with Crippen molar-refractivity contribution in [1.29, 1.82) is 0 Å². The third-order valence-electron chi connectivity index (χ3n) is 4.97. The van der Waals surface area contributed by atoms with Crippen molar-refractivity contribution in [2.45, 2.75) is 31.7 Å². The highest BCUT2D eigenvalue weighted by Crippen LogP contribution is 2.32. The SMILES string of the molecule is C=CC(CCCCNC)N(C)C(=C)c1c(C=O)cccc1N(C)CCCN. The number of nitrogens with one attached hydrogen (secondary N) is 1. The predicted molar refractivity (Wildman–Crippen MR) is 117 cm³/mol. The van der Waals surface area contributed by atoms with E-state index in [9.17, 15) is 4.79 Å². The summed E-state index contributed by atoms with van der Waals surface area (Å²) in [6.45, 7) is 10.8. The second kappa shape index (κ2) is 12.3. The Kier molecular flexibility index (Phi) is 10.5. The lowest BCUT2D eigenvalue weighted by Gasteiger charge is -2.33. The third kappa shape index (κ3) is 6.52.